The lowest BCUT2D eigenvalue weighted by atomic mass is 9.87. The minimum atomic E-state index is -0.921. The second-order valence-electron chi connectivity index (χ2n) is 7.58. The number of benzene rings is 2. The van der Waals surface area contributed by atoms with Crippen LogP contribution in [0.1, 0.15) is 43.4 Å². The maximum atomic E-state index is 12.6. The van der Waals surface area contributed by atoms with Crippen molar-refractivity contribution in [1.82, 2.24) is 5.32 Å². The number of carbonyl (C=O) groups is 3. The van der Waals surface area contributed by atoms with Gasteiger partial charge < -0.3 is 15.4 Å². The summed E-state index contributed by atoms with van der Waals surface area (Å²) in [6.45, 7) is 1.56. The summed E-state index contributed by atoms with van der Waals surface area (Å²) < 4.78 is 5.34. The number of carbonyl (C=O) groups excluding carboxylic acids is 3. The number of fused-ring (bicyclic) bond motifs is 2. The van der Waals surface area contributed by atoms with Crippen LogP contribution < -0.4 is 10.6 Å². The van der Waals surface area contributed by atoms with Crippen LogP contribution in [0.4, 0.5) is 5.69 Å². The fourth-order valence-electron chi connectivity index (χ4n) is 3.87. The molecule has 1 aliphatic carbocycles. The van der Waals surface area contributed by atoms with Gasteiger partial charge in [-0.2, -0.15) is 0 Å². The maximum Gasteiger partial charge on any atom is 0.308 e. The molecule has 2 aliphatic rings. The highest BCUT2D eigenvalue weighted by Crippen LogP contribution is 2.36. The molecule has 0 radical (unpaired) electrons. The van der Waals surface area contributed by atoms with Crippen molar-refractivity contribution in [2.24, 2.45) is 0 Å². The molecular weight excluding hydrogens is 400 g/mol. The van der Waals surface area contributed by atoms with Gasteiger partial charge in [-0.05, 0) is 49.4 Å². The molecule has 0 unspecified atom stereocenters. The standard InChI is InChI=1S/C23H24N2O4S/c1-14(22(27)24-17-11-6-8-15-7-2-3-9-16(15)17)29-21(26)13-20-23(28)25-18-10-4-5-12-19(18)30-20/h2-5,7,9-10,12,14,17,20H,6,8,11,13H2,1H3,(H,24,27)(H,25,28)/t14-,17-,20-/m0/s1. The van der Waals surface area contributed by atoms with E-state index in [0.29, 0.717) is 0 Å². The van der Waals surface area contributed by atoms with Gasteiger partial charge in [0.05, 0.1) is 23.4 Å². The Hall–Kier alpha value is -2.80. The number of amides is 2. The fraction of sp³-hybridized carbons (Fsp3) is 0.348. The molecule has 7 heteroatoms. The molecule has 2 aromatic rings. The number of nitrogens with one attached hydrogen (secondary N) is 2. The molecule has 6 nitrogen and oxygen atoms in total. The highest BCUT2D eigenvalue weighted by Gasteiger charge is 2.31. The number of thioether (sulfide) groups is 1. The lowest BCUT2D eigenvalue weighted by molar-refractivity contribution is -0.155. The SMILES string of the molecule is C[C@H](OC(=O)C[C@@H]1Sc2ccccc2NC1=O)C(=O)N[C@H]1CCCc2ccccc21. The van der Waals surface area contributed by atoms with E-state index in [4.69, 9.17) is 4.74 Å². The number of hydrogen-bond acceptors (Lipinski definition) is 5. The third-order valence-electron chi connectivity index (χ3n) is 5.42. The highest BCUT2D eigenvalue weighted by atomic mass is 32.2. The van der Waals surface area contributed by atoms with Crippen molar-refractivity contribution >= 4 is 35.2 Å². The Kier molecular flexibility index (Phi) is 6.08. The summed E-state index contributed by atoms with van der Waals surface area (Å²) in [7, 11) is 0. The number of para-hydroxylation sites is 1. The van der Waals surface area contributed by atoms with E-state index in [-0.39, 0.29) is 24.3 Å². The predicted molar refractivity (Wildman–Crippen MR) is 115 cm³/mol. The number of aryl methyl sites for hydroxylation is 1. The molecule has 156 valence electrons. The van der Waals surface area contributed by atoms with Gasteiger partial charge in [-0.1, -0.05) is 36.4 Å². The molecule has 0 bridgehead atoms. The average molecular weight is 425 g/mol. The quantitative estimate of drug-likeness (QED) is 0.717. The van der Waals surface area contributed by atoms with E-state index >= 15 is 0 Å². The van der Waals surface area contributed by atoms with E-state index in [0.717, 1.165) is 35.4 Å². The molecule has 1 heterocycles. The normalized spacial score (nSPS) is 20.9. The molecule has 3 atom stereocenters. The number of esters is 1. The van der Waals surface area contributed by atoms with Crippen LogP contribution in [0.5, 0.6) is 0 Å². The lowest BCUT2D eigenvalue weighted by Crippen LogP contribution is -2.40. The van der Waals surface area contributed by atoms with Crippen molar-refractivity contribution in [3.8, 4) is 0 Å². The van der Waals surface area contributed by atoms with Gasteiger partial charge in [0.25, 0.3) is 5.91 Å². The van der Waals surface area contributed by atoms with Crippen molar-refractivity contribution in [2.45, 2.75) is 54.9 Å². The Morgan fingerprint density at radius 1 is 1.20 bits per heavy atom. The van der Waals surface area contributed by atoms with E-state index in [1.165, 1.54) is 17.3 Å². The molecule has 0 fully saturated rings. The first-order valence-electron chi connectivity index (χ1n) is 10.2. The first kappa shape index (κ1) is 20.5. The topological polar surface area (TPSA) is 84.5 Å². The van der Waals surface area contributed by atoms with Gasteiger partial charge in [-0.3, -0.25) is 14.4 Å². The van der Waals surface area contributed by atoms with E-state index < -0.39 is 17.3 Å². The van der Waals surface area contributed by atoms with Crippen LogP contribution in [0.3, 0.4) is 0 Å². The number of ether oxygens (including phenoxy) is 1. The summed E-state index contributed by atoms with van der Waals surface area (Å²) in [5.74, 6) is -1.11. The third-order valence-corrected chi connectivity index (χ3v) is 6.70. The minimum absolute atomic E-state index is 0.0696. The van der Waals surface area contributed by atoms with Gasteiger partial charge >= 0.3 is 5.97 Å². The minimum Gasteiger partial charge on any atom is -0.453 e. The Morgan fingerprint density at radius 2 is 1.97 bits per heavy atom. The molecule has 30 heavy (non-hydrogen) atoms. The monoisotopic (exact) mass is 424 g/mol. The highest BCUT2D eigenvalue weighted by molar-refractivity contribution is 8.01. The third kappa shape index (κ3) is 4.51. The van der Waals surface area contributed by atoms with Gasteiger partial charge in [0.1, 0.15) is 0 Å². The Balaban J connectivity index is 1.32. The zero-order chi connectivity index (χ0) is 21.1. The summed E-state index contributed by atoms with van der Waals surface area (Å²) in [5.41, 5.74) is 3.13. The summed E-state index contributed by atoms with van der Waals surface area (Å²) >= 11 is 1.34. The number of rotatable bonds is 5. The zero-order valence-corrected chi connectivity index (χ0v) is 17.5. The van der Waals surface area contributed by atoms with Crippen LogP contribution in [-0.2, 0) is 25.5 Å². The summed E-state index contributed by atoms with van der Waals surface area (Å²) in [6, 6.07) is 15.5. The summed E-state index contributed by atoms with van der Waals surface area (Å²) in [4.78, 5) is 38.2. The number of anilines is 1. The lowest BCUT2D eigenvalue weighted by Gasteiger charge is -2.27. The van der Waals surface area contributed by atoms with Crippen molar-refractivity contribution < 1.29 is 19.1 Å². The molecule has 0 saturated carbocycles. The number of hydrogen-bond donors (Lipinski definition) is 2. The maximum absolute atomic E-state index is 12.6. The van der Waals surface area contributed by atoms with Crippen LogP contribution in [0.25, 0.3) is 0 Å². The Morgan fingerprint density at radius 3 is 2.83 bits per heavy atom. The van der Waals surface area contributed by atoms with Crippen molar-refractivity contribution in [1.29, 1.82) is 0 Å². The van der Waals surface area contributed by atoms with Crippen LogP contribution in [0.2, 0.25) is 0 Å². The van der Waals surface area contributed by atoms with Crippen LogP contribution in [0, 0.1) is 0 Å². The molecule has 4 rings (SSSR count). The Bertz CT molecular complexity index is 977. The Labute approximate surface area is 179 Å². The van der Waals surface area contributed by atoms with Gasteiger partial charge in [-0.25, -0.2) is 0 Å². The molecule has 2 amide bonds. The van der Waals surface area contributed by atoms with Gasteiger partial charge in [0.2, 0.25) is 5.91 Å². The molecule has 2 N–H and O–H groups in total. The van der Waals surface area contributed by atoms with Crippen molar-refractivity contribution in [3.63, 3.8) is 0 Å². The van der Waals surface area contributed by atoms with Crippen LogP contribution >= 0.6 is 11.8 Å². The molecular formula is C23H24N2O4S. The molecule has 0 saturated heterocycles. The van der Waals surface area contributed by atoms with Crippen molar-refractivity contribution in [2.75, 3.05) is 5.32 Å². The molecule has 2 aromatic carbocycles. The van der Waals surface area contributed by atoms with E-state index in [1.807, 2.05) is 42.5 Å². The van der Waals surface area contributed by atoms with E-state index in [1.54, 1.807) is 6.92 Å². The van der Waals surface area contributed by atoms with Crippen LogP contribution in [0.15, 0.2) is 53.4 Å². The average Bonchev–Trinajstić information content (AvgIpc) is 2.74. The first-order valence-corrected chi connectivity index (χ1v) is 11.0. The largest absolute Gasteiger partial charge is 0.453 e. The van der Waals surface area contributed by atoms with E-state index in [9.17, 15) is 14.4 Å². The van der Waals surface area contributed by atoms with Gasteiger partial charge in [-0.15, -0.1) is 11.8 Å². The second-order valence-corrected chi connectivity index (χ2v) is 8.82. The predicted octanol–water partition coefficient (Wildman–Crippen LogP) is 3.62. The van der Waals surface area contributed by atoms with E-state index in [2.05, 4.69) is 16.7 Å². The summed E-state index contributed by atoms with van der Waals surface area (Å²) in [5, 5.41) is 5.24. The smallest absolute Gasteiger partial charge is 0.308 e. The first-order chi connectivity index (χ1) is 14.5. The van der Waals surface area contributed by atoms with Crippen molar-refractivity contribution in [3.05, 3.63) is 59.7 Å². The summed E-state index contributed by atoms with van der Waals surface area (Å²) in [6.07, 6.45) is 1.87. The van der Waals surface area contributed by atoms with Crippen LogP contribution in [-0.4, -0.2) is 29.1 Å². The van der Waals surface area contributed by atoms with Gasteiger partial charge in [0, 0.05) is 4.90 Å². The molecule has 1 aliphatic heterocycles. The fourth-order valence-corrected chi connectivity index (χ4v) is 4.97. The second kappa shape index (κ2) is 8.92. The van der Waals surface area contributed by atoms with Gasteiger partial charge in [0.15, 0.2) is 6.10 Å². The molecule has 0 spiro atoms. The zero-order valence-electron chi connectivity index (χ0n) is 16.7. The molecule has 0 aromatic heterocycles.